The molecule has 0 radical (unpaired) electrons. The van der Waals surface area contributed by atoms with Crippen LogP contribution in [0.4, 0.5) is 5.69 Å². The van der Waals surface area contributed by atoms with E-state index in [0.717, 1.165) is 31.7 Å². The molecule has 1 N–H and O–H groups in total. The molecule has 0 saturated heterocycles. The molecule has 0 spiro atoms. The van der Waals surface area contributed by atoms with Crippen LogP contribution in [0.15, 0.2) is 18.5 Å². The molecule has 5 heteroatoms. The van der Waals surface area contributed by atoms with Crippen LogP contribution in [-0.4, -0.2) is 51.5 Å². The van der Waals surface area contributed by atoms with Gasteiger partial charge in [-0.2, -0.15) is 0 Å². The van der Waals surface area contributed by atoms with Gasteiger partial charge in [-0.05, 0) is 31.5 Å². The number of anilines is 1. The molecular formula is C16H29N3O2. The first-order valence-corrected chi connectivity index (χ1v) is 7.62. The molecule has 0 amide bonds. The van der Waals surface area contributed by atoms with Crippen molar-refractivity contribution in [2.45, 2.75) is 32.9 Å². The van der Waals surface area contributed by atoms with Gasteiger partial charge >= 0.3 is 0 Å². The van der Waals surface area contributed by atoms with Crippen LogP contribution in [-0.2, 0) is 16.0 Å². The zero-order chi connectivity index (χ0) is 15.5. The van der Waals surface area contributed by atoms with Crippen LogP contribution in [0.2, 0.25) is 0 Å². The standard InChI is InChI=1S/C16H29N3O2/c1-5-7-17-11-15-6-8-18-12-16(15)19(9-10-20-3)14(2)13-21-4/h6,8,12,14,17H,5,7,9-11,13H2,1-4H3. The zero-order valence-electron chi connectivity index (χ0n) is 13.8. The van der Waals surface area contributed by atoms with Gasteiger partial charge in [0, 0.05) is 39.5 Å². The first-order chi connectivity index (χ1) is 10.2. The molecule has 0 aliphatic carbocycles. The molecule has 1 rings (SSSR count). The fourth-order valence-electron chi connectivity index (χ4n) is 2.32. The highest BCUT2D eigenvalue weighted by atomic mass is 16.5. The molecule has 120 valence electrons. The van der Waals surface area contributed by atoms with Crippen molar-refractivity contribution < 1.29 is 9.47 Å². The second-order valence-electron chi connectivity index (χ2n) is 5.17. The van der Waals surface area contributed by atoms with Crippen molar-refractivity contribution >= 4 is 5.69 Å². The summed E-state index contributed by atoms with van der Waals surface area (Å²) >= 11 is 0. The molecular weight excluding hydrogens is 266 g/mol. The Bertz CT molecular complexity index is 388. The maximum atomic E-state index is 5.31. The van der Waals surface area contributed by atoms with Crippen molar-refractivity contribution in [1.82, 2.24) is 10.3 Å². The predicted molar refractivity (Wildman–Crippen MR) is 86.8 cm³/mol. The van der Waals surface area contributed by atoms with E-state index in [9.17, 15) is 0 Å². The molecule has 1 aromatic rings. The number of hydrogen-bond donors (Lipinski definition) is 1. The summed E-state index contributed by atoms with van der Waals surface area (Å²) in [5.41, 5.74) is 2.42. The number of pyridine rings is 1. The molecule has 1 heterocycles. The van der Waals surface area contributed by atoms with Gasteiger partial charge in [0.1, 0.15) is 0 Å². The van der Waals surface area contributed by atoms with Crippen molar-refractivity contribution in [3.8, 4) is 0 Å². The molecule has 0 aliphatic rings. The molecule has 0 aromatic carbocycles. The number of aromatic nitrogens is 1. The maximum absolute atomic E-state index is 5.31. The molecule has 21 heavy (non-hydrogen) atoms. The van der Waals surface area contributed by atoms with Crippen LogP contribution in [0.25, 0.3) is 0 Å². The fourth-order valence-corrected chi connectivity index (χ4v) is 2.32. The summed E-state index contributed by atoms with van der Waals surface area (Å²) < 4.78 is 10.5. The fraction of sp³-hybridized carbons (Fsp3) is 0.688. The summed E-state index contributed by atoms with van der Waals surface area (Å²) in [5, 5.41) is 3.46. The van der Waals surface area contributed by atoms with Crippen LogP contribution in [0.1, 0.15) is 25.8 Å². The Hall–Kier alpha value is -1.17. The van der Waals surface area contributed by atoms with Crippen molar-refractivity contribution in [3.05, 3.63) is 24.0 Å². The number of hydrogen-bond acceptors (Lipinski definition) is 5. The minimum Gasteiger partial charge on any atom is -0.383 e. The van der Waals surface area contributed by atoms with E-state index in [4.69, 9.17) is 9.47 Å². The number of ether oxygens (including phenoxy) is 2. The van der Waals surface area contributed by atoms with E-state index in [1.54, 1.807) is 14.2 Å². The van der Waals surface area contributed by atoms with Crippen LogP contribution in [0, 0.1) is 0 Å². The Morgan fingerprint density at radius 3 is 2.81 bits per heavy atom. The monoisotopic (exact) mass is 295 g/mol. The first kappa shape index (κ1) is 17.9. The minimum atomic E-state index is 0.277. The third-order valence-corrected chi connectivity index (χ3v) is 3.42. The summed E-state index contributed by atoms with van der Waals surface area (Å²) in [4.78, 5) is 6.60. The van der Waals surface area contributed by atoms with Crippen molar-refractivity contribution in [1.29, 1.82) is 0 Å². The summed E-state index contributed by atoms with van der Waals surface area (Å²) in [6, 6.07) is 2.36. The van der Waals surface area contributed by atoms with Gasteiger partial charge in [0.15, 0.2) is 0 Å². The lowest BCUT2D eigenvalue weighted by molar-refractivity contribution is 0.171. The third-order valence-electron chi connectivity index (χ3n) is 3.42. The van der Waals surface area contributed by atoms with Gasteiger partial charge in [0.25, 0.3) is 0 Å². The largest absolute Gasteiger partial charge is 0.383 e. The third kappa shape index (κ3) is 5.99. The first-order valence-electron chi connectivity index (χ1n) is 7.62. The Labute approximate surface area is 128 Å². The van der Waals surface area contributed by atoms with E-state index in [1.807, 2.05) is 12.4 Å². The van der Waals surface area contributed by atoms with Gasteiger partial charge in [-0.25, -0.2) is 0 Å². The average molecular weight is 295 g/mol. The molecule has 1 unspecified atom stereocenters. The quantitative estimate of drug-likeness (QED) is 0.633. The summed E-state index contributed by atoms with van der Waals surface area (Å²) in [6.07, 6.45) is 4.92. The Morgan fingerprint density at radius 1 is 1.33 bits per heavy atom. The average Bonchev–Trinajstić information content (AvgIpc) is 2.49. The summed E-state index contributed by atoms with van der Waals surface area (Å²) in [5.74, 6) is 0. The maximum Gasteiger partial charge on any atom is 0.0663 e. The second-order valence-corrected chi connectivity index (χ2v) is 5.17. The predicted octanol–water partition coefficient (Wildman–Crippen LogP) is 2.07. The van der Waals surface area contributed by atoms with Gasteiger partial charge in [-0.15, -0.1) is 0 Å². The highest BCUT2D eigenvalue weighted by Crippen LogP contribution is 2.21. The van der Waals surface area contributed by atoms with Gasteiger partial charge in [0.2, 0.25) is 0 Å². The normalized spacial score (nSPS) is 12.4. The Kier molecular flexibility index (Phi) is 8.98. The van der Waals surface area contributed by atoms with Gasteiger partial charge in [-0.3, -0.25) is 4.98 Å². The SMILES string of the molecule is CCCNCc1ccncc1N(CCOC)C(C)COC. The van der Waals surface area contributed by atoms with Crippen LogP contribution in [0.5, 0.6) is 0 Å². The van der Waals surface area contributed by atoms with Gasteiger partial charge in [0.05, 0.1) is 25.1 Å². The molecule has 1 atom stereocenters. The highest BCUT2D eigenvalue weighted by molar-refractivity contribution is 5.52. The smallest absolute Gasteiger partial charge is 0.0663 e. The number of nitrogens with zero attached hydrogens (tertiary/aromatic N) is 2. The number of nitrogens with one attached hydrogen (secondary N) is 1. The Morgan fingerprint density at radius 2 is 2.14 bits per heavy atom. The topological polar surface area (TPSA) is 46.6 Å². The second kappa shape index (κ2) is 10.5. The van der Waals surface area contributed by atoms with Crippen molar-refractivity contribution in [3.63, 3.8) is 0 Å². The van der Waals surface area contributed by atoms with Crippen LogP contribution >= 0.6 is 0 Å². The van der Waals surface area contributed by atoms with E-state index in [0.29, 0.717) is 13.2 Å². The molecule has 0 aliphatic heterocycles. The van der Waals surface area contributed by atoms with E-state index in [2.05, 4.69) is 35.1 Å². The molecule has 5 nitrogen and oxygen atoms in total. The summed E-state index contributed by atoms with van der Waals surface area (Å²) in [6.45, 7) is 8.41. The van der Waals surface area contributed by atoms with Crippen LogP contribution in [0.3, 0.4) is 0 Å². The minimum absolute atomic E-state index is 0.277. The molecule has 1 aromatic heterocycles. The van der Waals surface area contributed by atoms with Crippen molar-refractivity contribution in [2.24, 2.45) is 0 Å². The molecule has 0 fully saturated rings. The molecule has 0 bridgehead atoms. The zero-order valence-corrected chi connectivity index (χ0v) is 13.8. The van der Waals surface area contributed by atoms with E-state index >= 15 is 0 Å². The summed E-state index contributed by atoms with van der Waals surface area (Å²) in [7, 11) is 3.46. The molecule has 0 saturated carbocycles. The van der Waals surface area contributed by atoms with Crippen molar-refractivity contribution in [2.75, 3.05) is 45.4 Å². The Balaban J connectivity index is 2.88. The van der Waals surface area contributed by atoms with Gasteiger partial charge in [-0.1, -0.05) is 6.92 Å². The number of methoxy groups -OCH3 is 2. The van der Waals surface area contributed by atoms with Gasteiger partial charge < -0.3 is 19.7 Å². The number of rotatable bonds is 11. The van der Waals surface area contributed by atoms with Crippen LogP contribution < -0.4 is 10.2 Å². The lowest BCUT2D eigenvalue weighted by atomic mass is 10.1. The van der Waals surface area contributed by atoms with E-state index < -0.39 is 0 Å². The highest BCUT2D eigenvalue weighted by Gasteiger charge is 2.17. The van der Waals surface area contributed by atoms with E-state index in [-0.39, 0.29) is 6.04 Å². The lowest BCUT2D eigenvalue weighted by Crippen LogP contribution is -2.39. The lowest BCUT2D eigenvalue weighted by Gasteiger charge is -2.32. The van der Waals surface area contributed by atoms with E-state index in [1.165, 1.54) is 5.56 Å².